The summed E-state index contributed by atoms with van der Waals surface area (Å²) >= 11 is 0. The van der Waals surface area contributed by atoms with Crippen LogP contribution >= 0.6 is 0 Å². The topological polar surface area (TPSA) is 35.5 Å². The Kier molecular flexibility index (Phi) is 7.26. The number of carbonyl (C=O) groups is 1. The van der Waals surface area contributed by atoms with Gasteiger partial charge in [-0.15, -0.1) is 0 Å². The molecule has 0 amide bonds. The molecule has 0 heterocycles. The van der Waals surface area contributed by atoms with Crippen LogP contribution in [0.15, 0.2) is 48.3 Å². The molecule has 0 atom stereocenters. The molecule has 1 rings (SSSR count). The SMILES string of the molecule is C=C(C)C(=O)Oc1ccc(/C(C)=C/C=C(\CCC)OC)cc1F. The van der Waals surface area contributed by atoms with Gasteiger partial charge in [-0.1, -0.05) is 25.6 Å². The Hall–Kier alpha value is -2.36. The lowest BCUT2D eigenvalue weighted by molar-refractivity contribution is -0.130. The van der Waals surface area contributed by atoms with Crippen LogP contribution in [0.2, 0.25) is 0 Å². The van der Waals surface area contributed by atoms with Gasteiger partial charge >= 0.3 is 5.97 Å². The number of methoxy groups -OCH3 is 1. The number of esters is 1. The monoisotopic (exact) mass is 318 g/mol. The highest BCUT2D eigenvalue weighted by Crippen LogP contribution is 2.23. The molecule has 1 aromatic carbocycles. The standard InChI is InChI=1S/C19H23FO3/c1-6-7-16(22-5)10-8-14(4)15-9-11-18(17(20)12-15)23-19(21)13(2)3/h8-12H,2,6-7H2,1,3-5H3/b14-8+,16-10+. The van der Waals surface area contributed by atoms with Crippen molar-refractivity contribution in [3.05, 3.63) is 59.6 Å². The molecule has 0 aliphatic carbocycles. The Balaban J connectivity index is 2.95. The third-order valence-electron chi connectivity index (χ3n) is 3.22. The summed E-state index contributed by atoms with van der Waals surface area (Å²) in [6, 6.07) is 4.49. The van der Waals surface area contributed by atoms with E-state index in [2.05, 4.69) is 13.5 Å². The lowest BCUT2D eigenvalue weighted by Crippen LogP contribution is -2.09. The predicted molar refractivity (Wildman–Crippen MR) is 90.5 cm³/mol. The average molecular weight is 318 g/mol. The van der Waals surface area contributed by atoms with E-state index in [0.717, 1.165) is 24.2 Å². The number of benzene rings is 1. The highest BCUT2D eigenvalue weighted by atomic mass is 19.1. The minimum Gasteiger partial charge on any atom is -0.501 e. The van der Waals surface area contributed by atoms with Crippen LogP contribution in [-0.4, -0.2) is 13.1 Å². The number of ether oxygens (including phenoxy) is 2. The zero-order valence-corrected chi connectivity index (χ0v) is 14.1. The summed E-state index contributed by atoms with van der Waals surface area (Å²) in [6.07, 6.45) is 5.60. The van der Waals surface area contributed by atoms with E-state index in [1.165, 1.54) is 19.1 Å². The molecular weight excluding hydrogens is 295 g/mol. The molecule has 23 heavy (non-hydrogen) atoms. The first-order chi connectivity index (χ1) is 10.9. The second kappa shape index (κ2) is 8.93. The number of halogens is 1. The van der Waals surface area contributed by atoms with Crippen molar-refractivity contribution in [1.29, 1.82) is 0 Å². The highest BCUT2D eigenvalue weighted by molar-refractivity contribution is 5.88. The summed E-state index contributed by atoms with van der Waals surface area (Å²) in [6.45, 7) is 8.93. The third kappa shape index (κ3) is 5.74. The number of rotatable bonds is 7. The summed E-state index contributed by atoms with van der Waals surface area (Å²) in [5.41, 5.74) is 1.81. The summed E-state index contributed by atoms with van der Waals surface area (Å²) in [4.78, 5) is 11.4. The fourth-order valence-corrected chi connectivity index (χ4v) is 1.83. The molecule has 1 aromatic rings. The molecule has 0 aliphatic heterocycles. The summed E-state index contributed by atoms with van der Waals surface area (Å²) in [5.74, 6) is -0.460. The summed E-state index contributed by atoms with van der Waals surface area (Å²) < 4.78 is 24.2. The fourth-order valence-electron chi connectivity index (χ4n) is 1.83. The molecule has 124 valence electrons. The van der Waals surface area contributed by atoms with Gasteiger partial charge in [0.1, 0.15) is 0 Å². The van der Waals surface area contributed by atoms with Crippen molar-refractivity contribution in [2.45, 2.75) is 33.6 Å². The van der Waals surface area contributed by atoms with Crippen molar-refractivity contribution in [3.8, 4) is 5.75 Å². The Labute approximate surface area is 137 Å². The largest absolute Gasteiger partial charge is 0.501 e. The van der Waals surface area contributed by atoms with Crippen LogP contribution < -0.4 is 4.74 Å². The van der Waals surface area contributed by atoms with E-state index in [9.17, 15) is 9.18 Å². The van der Waals surface area contributed by atoms with Crippen LogP contribution in [0.4, 0.5) is 4.39 Å². The van der Waals surface area contributed by atoms with E-state index in [1.807, 2.05) is 19.1 Å². The Bertz CT molecular complexity index is 642. The lowest BCUT2D eigenvalue weighted by Gasteiger charge is -2.08. The number of hydrogen-bond donors (Lipinski definition) is 0. The molecule has 0 bridgehead atoms. The third-order valence-corrected chi connectivity index (χ3v) is 3.22. The quantitative estimate of drug-likeness (QED) is 0.232. The van der Waals surface area contributed by atoms with E-state index in [0.29, 0.717) is 5.56 Å². The minimum absolute atomic E-state index is 0.103. The molecule has 0 fully saturated rings. The second-order valence-corrected chi connectivity index (χ2v) is 5.25. The van der Waals surface area contributed by atoms with Crippen molar-refractivity contribution in [3.63, 3.8) is 0 Å². The highest BCUT2D eigenvalue weighted by Gasteiger charge is 2.11. The van der Waals surface area contributed by atoms with Crippen LogP contribution in [-0.2, 0) is 9.53 Å². The lowest BCUT2D eigenvalue weighted by atomic mass is 10.1. The molecule has 0 aliphatic rings. The maximum Gasteiger partial charge on any atom is 0.338 e. The zero-order valence-electron chi connectivity index (χ0n) is 14.1. The normalized spacial score (nSPS) is 12.0. The van der Waals surface area contributed by atoms with Crippen LogP contribution in [0.1, 0.15) is 39.2 Å². The number of carbonyl (C=O) groups excluding carboxylic acids is 1. The van der Waals surface area contributed by atoms with Crippen molar-refractivity contribution in [2.24, 2.45) is 0 Å². The van der Waals surface area contributed by atoms with Crippen LogP contribution in [0.5, 0.6) is 5.75 Å². The second-order valence-electron chi connectivity index (χ2n) is 5.25. The fraction of sp³-hybridized carbons (Fsp3) is 0.316. The summed E-state index contributed by atoms with van der Waals surface area (Å²) in [7, 11) is 1.63. The van der Waals surface area contributed by atoms with Crippen LogP contribution in [0.3, 0.4) is 0 Å². The van der Waals surface area contributed by atoms with Crippen molar-refractivity contribution >= 4 is 11.5 Å². The Morgan fingerprint density at radius 1 is 1.30 bits per heavy atom. The van der Waals surface area contributed by atoms with Crippen molar-refractivity contribution in [2.75, 3.05) is 7.11 Å². The van der Waals surface area contributed by atoms with Crippen LogP contribution in [0, 0.1) is 5.82 Å². The molecular formula is C19H23FO3. The van der Waals surface area contributed by atoms with Gasteiger partial charge in [0.2, 0.25) is 0 Å². The molecule has 0 saturated heterocycles. The average Bonchev–Trinajstić information content (AvgIpc) is 2.52. The van der Waals surface area contributed by atoms with Gasteiger partial charge in [-0.2, -0.15) is 0 Å². The zero-order chi connectivity index (χ0) is 17.4. The first kappa shape index (κ1) is 18.7. The first-order valence-corrected chi connectivity index (χ1v) is 7.48. The van der Waals surface area contributed by atoms with E-state index in [1.54, 1.807) is 13.2 Å². The molecule has 0 N–H and O–H groups in total. The first-order valence-electron chi connectivity index (χ1n) is 7.48. The molecule has 0 unspecified atom stereocenters. The Morgan fingerprint density at radius 2 is 2.00 bits per heavy atom. The molecule has 0 spiro atoms. The number of hydrogen-bond acceptors (Lipinski definition) is 3. The van der Waals surface area contributed by atoms with E-state index >= 15 is 0 Å². The van der Waals surface area contributed by atoms with Gasteiger partial charge < -0.3 is 9.47 Å². The molecule has 3 nitrogen and oxygen atoms in total. The van der Waals surface area contributed by atoms with Gasteiger partial charge in [0.05, 0.1) is 12.9 Å². The van der Waals surface area contributed by atoms with Gasteiger partial charge in [0, 0.05) is 12.0 Å². The smallest absolute Gasteiger partial charge is 0.338 e. The molecule has 0 radical (unpaired) electrons. The van der Waals surface area contributed by atoms with Gasteiger partial charge in [0.15, 0.2) is 11.6 Å². The van der Waals surface area contributed by atoms with Gasteiger partial charge in [0.25, 0.3) is 0 Å². The van der Waals surface area contributed by atoms with E-state index in [-0.39, 0.29) is 11.3 Å². The maximum absolute atomic E-state index is 14.0. The predicted octanol–water partition coefficient (Wildman–Crippen LogP) is 5.04. The van der Waals surface area contributed by atoms with E-state index in [4.69, 9.17) is 9.47 Å². The van der Waals surface area contributed by atoms with Gasteiger partial charge in [-0.3, -0.25) is 0 Å². The molecule has 4 heteroatoms. The van der Waals surface area contributed by atoms with Crippen molar-refractivity contribution in [1.82, 2.24) is 0 Å². The maximum atomic E-state index is 14.0. The Morgan fingerprint density at radius 3 is 2.52 bits per heavy atom. The number of allylic oxidation sites excluding steroid dienone is 4. The van der Waals surface area contributed by atoms with Crippen LogP contribution in [0.25, 0.3) is 5.57 Å². The van der Waals surface area contributed by atoms with Gasteiger partial charge in [-0.05, 0) is 49.6 Å². The summed E-state index contributed by atoms with van der Waals surface area (Å²) in [5, 5.41) is 0. The minimum atomic E-state index is -0.642. The van der Waals surface area contributed by atoms with E-state index < -0.39 is 11.8 Å². The van der Waals surface area contributed by atoms with Gasteiger partial charge in [-0.25, -0.2) is 9.18 Å². The molecule has 0 aromatic heterocycles. The molecule has 0 saturated carbocycles. The van der Waals surface area contributed by atoms with Crippen molar-refractivity contribution < 1.29 is 18.7 Å².